The molecule has 0 bridgehead atoms. The second-order valence-corrected chi connectivity index (χ2v) is 5.43. The van der Waals surface area contributed by atoms with Gasteiger partial charge in [-0.05, 0) is 12.1 Å². The fraction of sp³-hybridized carbons (Fsp3) is 0.158. The number of benzene rings is 2. The molecular weight excluding hydrogens is 334 g/mol. The van der Waals surface area contributed by atoms with Gasteiger partial charge in [0.15, 0.2) is 0 Å². The van der Waals surface area contributed by atoms with Gasteiger partial charge in [0, 0.05) is 41.5 Å². The number of methoxy groups -OCH3 is 3. The van der Waals surface area contributed by atoms with E-state index in [4.69, 9.17) is 14.2 Å². The predicted octanol–water partition coefficient (Wildman–Crippen LogP) is 3.90. The van der Waals surface area contributed by atoms with Gasteiger partial charge in [-0.2, -0.15) is 0 Å². The highest BCUT2D eigenvalue weighted by Crippen LogP contribution is 2.29. The SMILES string of the molecule is COc1cc(NC(=O)Nc2cc(OC)cc3cccnc23)cc(OC)c1. The quantitative estimate of drug-likeness (QED) is 0.727. The van der Waals surface area contributed by atoms with Crippen LogP contribution in [0.5, 0.6) is 17.2 Å². The van der Waals surface area contributed by atoms with Gasteiger partial charge in [0.1, 0.15) is 17.2 Å². The predicted molar refractivity (Wildman–Crippen MR) is 100 cm³/mol. The zero-order chi connectivity index (χ0) is 18.5. The van der Waals surface area contributed by atoms with Gasteiger partial charge >= 0.3 is 6.03 Å². The van der Waals surface area contributed by atoms with Crippen molar-refractivity contribution < 1.29 is 19.0 Å². The molecule has 0 unspecified atom stereocenters. The summed E-state index contributed by atoms with van der Waals surface area (Å²) < 4.78 is 15.7. The van der Waals surface area contributed by atoms with Gasteiger partial charge in [-0.25, -0.2) is 4.79 Å². The summed E-state index contributed by atoms with van der Waals surface area (Å²) in [6.07, 6.45) is 1.67. The van der Waals surface area contributed by atoms with Crippen molar-refractivity contribution >= 4 is 28.3 Å². The minimum atomic E-state index is -0.416. The fourth-order valence-electron chi connectivity index (χ4n) is 2.54. The maximum Gasteiger partial charge on any atom is 0.323 e. The number of anilines is 2. The number of nitrogens with zero attached hydrogens (tertiary/aromatic N) is 1. The van der Waals surface area contributed by atoms with Crippen molar-refractivity contribution in [2.75, 3.05) is 32.0 Å². The van der Waals surface area contributed by atoms with Crippen molar-refractivity contribution in [2.24, 2.45) is 0 Å². The number of pyridine rings is 1. The molecule has 3 aromatic rings. The van der Waals surface area contributed by atoms with Crippen LogP contribution < -0.4 is 24.8 Å². The van der Waals surface area contributed by atoms with Crippen molar-refractivity contribution in [3.05, 3.63) is 48.7 Å². The number of aromatic nitrogens is 1. The van der Waals surface area contributed by atoms with E-state index in [1.54, 1.807) is 51.8 Å². The summed E-state index contributed by atoms with van der Waals surface area (Å²) in [6.45, 7) is 0. The molecule has 0 saturated carbocycles. The topological polar surface area (TPSA) is 81.7 Å². The van der Waals surface area contributed by atoms with Gasteiger partial charge in [-0.15, -0.1) is 0 Å². The second-order valence-electron chi connectivity index (χ2n) is 5.43. The molecule has 0 fully saturated rings. The molecule has 2 N–H and O–H groups in total. The Bertz CT molecular complexity index is 921. The number of fused-ring (bicyclic) bond motifs is 1. The van der Waals surface area contributed by atoms with Crippen LogP contribution in [0.4, 0.5) is 16.2 Å². The molecule has 0 radical (unpaired) electrons. The molecule has 0 aliphatic carbocycles. The first kappa shape index (κ1) is 17.3. The number of urea groups is 1. The summed E-state index contributed by atoms with van der Waals surface area (Å²) in [5, 5.41) is 6.44. The number of rotatable bonds is 5. The van der Waals surface area contributed by atoms with Gasteiger partial charge < -0.3 is 24.8 Å². The molecular formula is C19H19N3O4. The Morgan fingerprint density at radius 3 is 2.19 bits per heavy atom. The van der Waals surface area contributed by atoms with Crippen LogP contribution in [0.15, 0.2) is 48.7 Å². The lowest BCUT2D eigenvalue weighted by molar-refractivity contribution is 0.262. The van der Waals surface area contributed by atoms with Crippen molar-refractivity contribution in [1.82, 2.24) is 4.98 Å². The first-order valence-electron chi connectivity index (χ1n) is 7.87. The van der Waals surface area contributed by atoms with Gasteiger partial charge in [0.25, 0.3) is 0 Å². The number of hydrogen-bond donors (Lipinski definition) is 2. The molecule has 0 atom stereocenters. The summed E-state index contributed by atoms with van der Waals surface area (Å²) in [5.41, 5.74) is 1.76. The molecule has 0 aliphatic heterocycles. The average molecular weight is 353 g/mol. The zero-order valence-corrected chi connectivity index (χ0v) is 14.7. The molecule has 26 heavy (non-hydrogen) atoms. The molecule has 3 rings (SSSR count). The highest BCUT2D eigenvalue weighted by atomic mass is 16.5. The summed E-state index contributed by atoms with van der Waals surface area (Å²) in [5.74, 6) is 1.78. The first-order chi connectivity index (χ1) is 12.6. The Balaban J connectivity index is 1.86. The van der Waals surface area contributed by atoms with Crippen molar-refractivity contribution in [3.8, 4) is 17.2 Å². The number of carbonyl (C=O) groups excluding carboxylic acids is 1. The van der Waals surface area contributed by atoms with E-state index in [2.05, 4.69) is 15.6 Å². The third kappa shape index (κ3) is 3.77. The summed E-state index contributed by atoms with van der Waals surface area (Å²) in [7, 11) is 4.67. The highest BCUT2D eigenvalue weighted by Gasteiger charge is 2.11. The third-order valence-corrected chi connectivity index (χ3v) is 3.77. The second kappa shape index (κ2) is 7.60. The van der Waals surface area contributed by atoms with E-state index in [0.717, 1.165) is 5.39 Å². The number of carbonyl (C=O) groups is 1. The van der Waals surface area contributed by atoms with Crippen molar-refractivity contribution in [1.29, 1.82) is 0 Å². The minimum absolute atomic E-state index is 0.416. The van der Waals surface area contributed by atoms with Crippen LogP contribution in [0.25, 0.3) is 10.9 Å². The Morgan fingerprint density at radius 1 is 0.885 bits per heavy atom. The Labute approximate surface area is 150 Å². The normalized spacial score (nSPS) is 10.3. The summed E-state index contributed by atoms with van der Waals surface area (Å²) in [6, 6.07) is 12.0. The zero-order valence-electron chi connectivity index (χ0n) is 14.7. The Hall–Kier alpha value is -3.48. The van der Waals surface area contributed by atoms with E-state index in [-0.39, 0.29) is 0 Å². The summed E-state index contributed by atoms with van der Waals surface area (Å²) >= 11 is 0. The minimum Gasteiger partial charge on any atom is -0.497 e. The largest absolute Gasteiger partial charge is 0.497 e. The van der Waals surface area contributed by atoms with Crippen molar-refractivity contribution in [3.63, 3.8) is 0 Å². The third-order valence-electron chi connectivity index (χ3n) is 3.77. The monoisotopic (exact) mass is 353 g/mol. The van der Waals surface area contributed by atoms with Gasteiger partial charge in [0.05, 0.1) is 32.5 Å². The number of nitrogens with one attached hydrogen (secondary N) is 2. The average Bonchev–Trinajstić information content (AvgIpc) is 2.67. The fourth-order valence-corrected chi connectivity index (χ4v) is 2.54. The van der Waals surface area contributed by atoms with Crippen LogP contribution in [0.3, 0.4) is 0 Å². The lowest BCUT2D eigenvalue weighted by Crippen LogP contribution is -2.19. The highest BCUT2D eigenvalue weighted by molar-refractivity contribution is 6.05. The smallest absolute Gasteiger partial charge is 0.323 e. The molecule has 0 spiro atoms. The van der Waals surface area contributed by atoms with Crippen LogP contribution >= 0.6 is 0 Å². The number of hydrogen-bond acceptors (Lipinski definition) is 5. The van der Waals surface area contributed by atoms with E-state index in [0.29, 0.717) is 34.1 Å². The molecule has 1 aromatic heterocycles. The maximum absolute atomic E-state index is 12.5. The number of ether oxygens (including phenoxy) is 3. The molecule has 0 aliphatic rings. The van der Waals surface area contributed by atoms with Gasteiger partial charge in [-0.1, -0.05) is 6.07 Å². The molecule has 134 valence electrons. The Kier molecular flexibility index (Phi) is 5.07. The molecule has 0 saturated heterocycles. The van der Waals surface area contributed by atoms with E-state index in [9.17, 15) is 4.79 Å². The molecule has 7 heteroatoms. The molecule has 2 aromatic carbocycles. The van der Waals surface area contributed by atoms with E-state index >= 15 is 0 Å². The maximum atomic E-state index is 12.5. The first-order valence-corrected chi connectivity index (χ1v) is 7.87. The van der Waals surface area contributed by atoms with Crippen LogP contribution in [-0.4, -0.2) is 32.3 Å². The van der Waals surface area contributed by atoms with E-state index in [1.165, 1.54) is 0 Å². The van der Waals surface area contributed by atoms with Crippen molar-refractivity contribution in [2.45, 2.75) is 0 Å². The van der Waals surface area contributed by atoms with Crippen LogP contribution in [0.2, 0.25) is 0 Å². The van der Waals surface area contributed by atoms with Gasteiger partial charge in [0.2, 0.25) is 0 Å². The van der Waals surface area contributed by atoms with Crippen LogP contribution in [0.1, 0.15) is 0 Å². The van der Waals surface area contributed by atoms with Gasteiger partial charge in [-0.3, -0.25) is 4.98 Å². The molecule has 1 heterocycles. The lowest BCUT2D eigenvalue weighted by Gasteiger charge is -2.13. The molecule has 7 nitrogen and oxygen atoms in total. The van der Waals surface area contributed by atoms with E-state index in [1.807, 2.05) is 18.2 Å². The number of amides is 2. The Morgan fingerprint density at radius 2 is 1.54 bits per heavy atom. The summed E-state index contributed by atoms with van der Waals surface area (Å²) in [4.78, 5) is 16.8. The van der Waals surface area contributed by atoms with Crippen LogP contribution in [0, 0.1) is 0 Å². The van der Waals surface area contributed by atoms with E-state index < -0.39 is 6.03 Å². The molecule has 2 amide bonds. The standard InChI is InChI=1S/C19H19N3O4/c1-24-14-7-12-5-4-6-20-18(12)17(11-14)22-19(23)21-13-8-15(25-2)10-16(9-13)26-3/h4-11H,1-3H3,(H2,21,22,23). The lowest BCUT2D eigenvalue weighted by atomic mass is 10.2. The van der Waals surface area contributed by atoms with Crippen LogP contribution in [-0.2, 0) is 0 Å².